The molecule has 1 aliphatic carbocycles. The first-order valence-corrected chi connectivity index (χ1v) is 12.5. The zero-order valence-electron chi connectivity index (χ0n) is 18.8. The van der Waals surface area contributed by atoms with Crippen LogP contribution in [0.1, 0.15) is 19.3 Å². The summed E-state index contributed by atoms with van der Waals surface area (Å²) in [6, 6.07) is 3.93. The molecule has 2 aliphatic rings. The SMILES string of the molecule is COc1ncc2cnn(C)c2c1NS(=O)(=O)c1cnn(-c2cc(N3CCC4(CC4)C3)ccn2)c1. The van der Waals surface area contributed by atoms with Crippen LogP contribution in [0, 0.1) is 5.41 Å². The monoisotopic (exact) mass is 480 g/mol. The maximum absolute atomic E-state index is 13.2. The van der Waals surface area contributed by atoms with Gasteiger partial charge in [0.1, 0.15) is 10.6 Å². The van der Waals surface area contributed by atoms with Crippen LogP contribution in [0.4, 0.5) is 11.4 Å². The van der Waals surface area contributed by atoms with Crippen molar-refractivity contribution in [2.75, 3.05) is 29.8 Å². The molecule has 34 heavy (non-hydrogen) atoms. The van der Waals surface area contributed by atoms with Crippen molar-refractivity contribution in [2.45, 2.75) is 24.2 Å². The van der Waals surface area contributed by atoms with Crippen molar-refractivity contribution >= 4 is 32.3 Å². The van der Waals surface area contributed by atoms with Crippen molar-refractivity contribution in [1.29, 1.82) is 0 Å². The molecule has 0 atom stereocenters. The molecular weight excluding hydrogens is 456 g/mol. The summed E-state index contributed by atoms with van der Waals surface area (Å²) >= 11 is 0. The first kappa shape index (κ1) is 20.9. The van der Waals surface area contributed by atoms with Crippen molar-refractivity contribution in [2.24, 2.45) is 12.5 Å². The Morgan fingerprint density at radius 1 is 1.12 bits per heavy atom. The van der Waals surface area contributed by atoms with Crippen molar-refractivity contribution in [1.82, 2.24) is 29.5 Å². The van der Waals surface area contributed by atoms with Crippen LogP contribution >= 0.6 is 0 Å². The molecule has 0 amide bonds. The molecule has 11 nitrogen and oxygen atoms in total. The minimum absolute atomic E-state index is 0.000895. The summed E-state index contributed by atoms with van der Waals surface area (Å²) in [7, 11) is -0.826. The van der Waals surface area contributed by atoms with Crippen molar-refractivity contribution in [3.63, 3.8) is 0 Å². The number of ether oxygens (including phenoxy) is 1. The molecule has 5 heterocycles. The summed E-state index contributed by atoms with van der Waals surface area (Å²) in [6.07, 6.45) is 11.5. The first-order chi connectivity index (χ1) is 16.4. The number of hydrogen-bond acceptors (Lipinski definition) is 8. The van der Waals surface area contributed by atoms with E-state index in [-0.39, 0.29) is 16.5 Å². The number of anilines is 2. The van der Waals surface area contributed by atoms with E-state index < -0.39 is 10.0 Å². The molecule has 6 rings (SSSR count). The van der Waals surface area contributed by atoms with Gasteiger partial charge in [-0.15, -0.1) is 0 Å². The van der Waals surface area contributed by atoms with Gasteiger partial charge in [-0.05, 0) is 30.7 Å². The zero-order chi connectivity index (χ0) is 23.5. The highest BCUT2D eigenvalue weighted by Gasteiger charge is 2.47. The largest absolute Gasteiger partial charge is 0.479 e. The van der Waals surface area contributed by atoms with Crippen LogP contribution in [0.2, 0.25) is 0 Å². The Bertz CT molecular complexity index is 1510. The second-order valence-electron chi connectivity index (χ2n) is 8.98. The lowest BCUT2D eigenvalue weighted by atomic mass is 10.1. The summed E-state index contributed by atoms with van der Waals surface area (Å²) in [4.78, 5) is 11.0. The van der Waals surface area contributed by atoms with Gasteiger partial charge in [-0.2, -0.15) is 10.2 Å². The van der Waals surface area contributed by atoms with Crippen molar-refractivity contribution in [3.05, 3.63) is 43.1 Å². The lowest BCUT2D eigenvalue weighted by Crippen LogP contribution is -2.20. The normalized spacial score (nSPS) is 16.9. The number of methoxy groups -OCH3 is 1. The van der Waals surface area contributed by atoms with Crippen molar-refractivity contribution < 1.29 is 13.2 Å². The second-order valence-corrected chi connectivity index (χ2v) is 10.7. The fourth-order valence-corrected chi connectivity index (χ4v) is 5.62. The predicted octanol–water partition coefficient (Wildman–Crippen LogP) is 2.35. The number of rotatable bonds is 6. The van der Waals surface area contributed by atoms with E-state index in [2.05, 4.69) is 29.8 Å². The Labute approximate surface area is 196 Å². The molecule has 1 spiro atoms. The highest BCUT2D eigenvalue weighted by atomic mass is 32.2. The van der Waals surface area contributed by atoms with Gasteiger partial charge in [0.25, 0.3) is 10.0 Å². The quantitative estimate of drug-likeness (QED) is 0.447. The number of aromatic nitrogens is 6. The fourth-order valence-electron chi connectivity index (χ4n) is 4.63. The minimum Gasteiger partial charge on any atom is -0.479 e. The number of aryl methyl sites for hydroxylation is 1. The van der Waals surface area contributed by atoms with Crippen LogP contribution < -0.4 is 14.4 Å². The standard InChI is InChI=1S/C22H24N8O3S/c1-28-20-15(11-25-28)10-24-21(33-2)19(20)27-34(31,32)17-12-26-30(13-17)18-9-16(3-7-23-18)29-8-6-22(14-29)4-5-22/h3,7,9-13,27H,4-6,8,14H2,1-2H3. The molecule has 4 aromatic rings. The molecular formula is C22H24N8O3S. The lowest BCUT2D eigenvalue weighted by molar-refractivity contribution is 0.400. The van der Waals surface area contributed by atoms with Crippen LogP contribution in [0.3, 0.4) is 0 Å². The molecule has 2 fully saturated rings. The molecule has 0 unspecified atom stereocenters. The highest BCUT2D eigenvalue weighted by molar-refractivity contribution is 7.92. The Hall–Kier alpha value is -3.67. The summed E-state index contributed by atoms with van der Waals surface area (Å²) in [5, 5.41) is 9.14. The van der Waals surface area contributed by atoms with Crippen LogP contribution in [0.5, 0.6) is 5.88 Å². The van der Waals surface area contributed by atoms with E-state index in [1.807, 2.05) is 12.1 Å². The number of fused-ring (bicyclic) bond motifs is 1. The molecule has 1 N–H and O–H groups in total. The van der Waals surface area contributed by atoms with Crippen LogP contribution in [-0.2, 0) is 17.1 Å². The van der Waals surface area contributed by atoms with E-state index in [4.69, 9.17) is 4.74 Å². The number of hydrogen-bond donors (Lipinski definition) is 1. The average Bonchev–Trinajstić information content (AvgIpc) is 3.18. The first-order valence-electron chi connectivity index (χ1n) is 11.0. The van der Waals surface area contributed by atoms with Gasteiger partial charge in [-0.1, -0.05) is 0 Å². The number of nitrogens with one attached hydrogen (secondary N) is 1. The Morgan fingerprint density at radius 3 is 2.74 bits per heavy atom. The van der Waals surface area contributed by atoms with Crippen LogP contribution in [-0.4, -0.2) is 58.1 Å². The fraction of sp³-hybridized carbons (Fsp3) is 0.364. The Kier molecular flexibility index (Phi) is 4.56. The van der Waals surface area contributed by atoms with E-state index in [9.17, 15) is 8.42 Å². The maximum Gasteiger partial charge on any atom is 0.265 e. The molecule has 0 aromatic carbocycles. The lowest BCUT2D eigenvalue weighted by Gasteiger charge is -2.19. The zero-order valence-corrected chi connectivity index (χ0v) is 19.7. The molecule has 176 valence electrons. The summed E-state index contributed by atoms with van der Waals surface area (Å²) in [5.41, 5.74) is 2.37. The Morgan fingerprint density at radius 2 is 1.97 bits per heavy atom. The molecule has 4 aromatic heterocycles. The van der Waals surface area contributed by atoms with Gasteiger partial charge in [0.2, 0.25) is 5.88 Å². The second kappa shape index (κ2) is 7.42. The summed E-state index contributed by atoms with van der Waals surface area (Å²) in [5.74, 6) is 0.712. The van der Waals surface area contributed by atoms with Gasteiger partial charge < -0.3 is 9.64 Å². The van der Waals surface area contributed by atoms with Crippen LogP contribution in [0.25, 0.3) is 16.7 Å². The van der Waals surface area contributed by atoms with E-state index in [0.717, 1.165) is 18.8 Å². The van der Waals surface area contributed by atoms with Crippen molar-refractivity contribution in [3.8, 4) is 11.7 Å². The van der Waals surface area contributed by atoms with Gasteiger partial charge in [0.05, 0.1) is 31.2 Å². The molecule has 0 radical (unpaired) electrons. The number of nitrogens with zero attached hydrogens (tertiary/aromatic N) is 7. The average molecular weight is 481 g/mol. The van der Waals surface area contributed by atoms with Gasteiger partial charge in [0.15, 0.2) is 5.82 Å². The van der Waals surface area contributed by atoms with Gasteiger partial charge in [-0.25, -0.2) is 23.1 Å². The predicted molar refractivity (Wildman–Crippen MR) is 126 cm³/mol. The molecule has 0 bridgehead atoms. The summed E-state index contributed by atoms with van der Waals surface area (Å²) < 4.78 is 37.4. The molecule has 1 saturated carbocycles. The maximum atomic E-state index is 13.2. The Balaban J connectivity index is 1.30. The van der Waals surface area contributed by atoms with Gasteiger partial charge >= 0.3 is 0 Å². The molecule has 12 heteroatoms. The van der Waals surface area contributed by atoms with Crippen LogP contribution in [0.15, 0.2) is 48.0 Å². The number of pyridine rings is 2. The third-order valence-corrected chi connectivity index (χ3v) is 8.07. The molecule has 1 aliphatic heterocycles. The third kappa shape index (κ3) is 3.45. The smallest absolute Gasteiger partial charge is 0.265 e. The topological polar surface area (TPSA) is 120 Å². The van der Waals surface area contributed by atoms with E-state index in [0.29, 0.717) is 22.1 Å². The number of sulfonamides is 1. The van der Waals surface area contributed by atoms with Gasteiger partial charge in [0, 0.05) is 49.7 Å². The summed E-state index contributed by atoms with van der Waals surface area (Å²) in [6.45, 7) is 2.09. The van der Waals surface area contributed by atoms with E-state index >= 15 is 0 Å². The molecule has 1 saturated heterocycles. The van der Waals surface area contributed by atoms with E-state index in [1.54, 1.807) is 30.3 Å². The van der Waals surface area contributed by atoms with E-state index in [1.165, 1.54) is 43.4 Å². The van der Waals surface area contributed by atoms with Gasteiger partial charge in [-0.3, -0.25) is 9.40 Å². The highest BCUT2D eigenvalue weighted by Crippen LogP contribution is 2.53. The third-order valence-electron chi connectivity index (χ3n) is 6.76. The minimum atomic E-state index is -3.98.